The normalized spacial score (nSPS) is 15.3. The minimum absolute atomic E-state index is 0.00753. The van der Waals surface area contributed by atoms with E-state index in [-0.39, 0.29) is 23.2 Å². The highest BCUT2D eigenvalue weighted by Crippen LogP contribution is 2.24. The Morgan fingerprint density at radius 2 is 2.00 bits per heavy atom. The molecule has 0 fully saturated rings. The number of amides is 1. The van der Waals surface area contributed by atoms with Gasteiger partial charge in [0.15, 0.2) is 5.78 Å². The average Bonchev–Trinajstić information content (AvgIpc) is 3.06. The van der Waals surface area contributed by atoms with Crippen LogP contribution in [-0.2, 0) is 22.6 Å². The fraction of sp³-hybridized carbons (Fsp3) is 0.350. The van der Waals surface area contributed by atoms with E-state index in [1.165, 1.54) is 6.26 Å². The summed E-state index contributed by atoms with van der Waals surface area (Å²) in [7, 11) is 0.293. The Balaban J connectivity index is 1.96. The molecule has 1 aliphatic rings. The Labute approximate surface area is 171 Å². The van der Waals surface area contributed by atoms with Crippen LogP contribution in [0.4, 0.5) is 0 Å². The number of rotatable bonds is 5. The van der Waals surface area contributed by atoms with Crippen molar-refractivity contribution in [3.8, 4) is 11.4 Å². The SMILES string of the molecule is CC1=CC(C)=C(CNC(=O)c2nc(S(C)=O)nc(-c3ccnn3C)c2C)C(=O)C1. The number of carbonyl (C=O) groups excluding carboxylic acids is 2. The lowest BCUT2D eigenvalue weighted by Gasteiger charge is -2.17. The number of allylic oxidation sites excluding steroid dienone is 3. The van der Waals surface area contributed by atoms with Gasteiger partial charge in [0.1, 0.15) is 5.69 Å². The number of Topliss-reactive ketones (excluding diaryl/α,β-unsaturated/α-hetero) is 1. The number of hydrogen-bond acceptors (Lipinski definition) is 6. The molecule has 0 radical (unpaired) electrons. The van der Waals surface area contributed by atoms with Crippen molar-refractivity contribution >= 4 is 22.5 Å². The maximum absolute atomic E-state index is 12.9. The molecule has 0 aliphatic heterocycles. The highest BCUT2D eigenvalue weighted by molar-refractivity contribution is 7.84. The molecular formula is C20H23N5O3S. The molecule has 1 atom stereocenters. The fourth-order valence-electron chi connectivity index (χ4n) is 3.28. The predicted octanol–water partition coefficient (Wildman–Crippen LogP) is 1.89. The summed E-state index contributed by atoms with van der Waals surface area (Å²) >= 11 is 0. The highest BCUT2D eigenvalue weighted by Gasteiger charge is 2.23. The van der Waals surface area contributed by atoms with E-state index >= 15 is 0 Å². The molecule has 2 aromatic rings. The lowest BCUT2D eigenvalue weighted by atomic mass is 9.92. The monoisotopic (exact) mass is 413 g/mol. The van der Waals surface area contributed by atoms with E-state index in [0.717, 1.165) is 11.1 Å². The predicted molar refractivity (Wildman–Crippen MR) is 110 cm³/mol. The third-order valence-electron chi connectivity index (χ3n) is 4.80. The zero-order valence-corrected chi connectivity index (χ0v) is 17.9. The molecule has 152 valence electrons. The Hall–Kier alpha value is -2.94. The molecule has 2 heterocycles. The number of nitrogens with zero attached hydrogens (tertiary/aromatic N) is 4. The molecule has 1 unspecified atom stereocenters. The standard InChI is InChI=1S/C20H23N5O3S/c1-11-8-12(2)14(16(26)9-11)10-21-19(27)18-13(3)17(15-6-7-22-25(15)4)23-20(24-18)29(5)28/h6-8H,9-10H2,1-5H3,(H,21,27). The van der Waals surface area contributed by atoms with Gasteiger partial charge in [-0.05, 0) is 32.4 Å². The van der Waals surface area contributed by atoms with Gasteiger partial charge in [0.2, 0.25) is 5.16 Å². The minimum Gasteiger partial charge on any atom is -0.346 e. The Morgan fingerprint density at radius 3 is 2.59 bits per heavy atom. The summed E-state index contributed by atoms with van der Waals surface area (Å²) in [5.74, 6) is -0.437. The van der Waals surface area contributed by atoms with Crippen molar-refractivity contribution in [3.05, 3.63) is 46.3 Å². The van der Waals surface area contributed by atoms with Gasteiger partial charge in [0.05, 0.1) is 22.2 Å². The number of carbonyl (C=O) groups is 2. The number of ketones is 1. The molecule has 3 rings (SSSR count). The van der Waals surface area contributed by atoms with Crippen molar-refractivity contribution in [3.63, 3.8) is 0 Å². The Morgan fingerprint density at radius 1 is 1.28 bits per heavy atom. The molecule has 1 amide bonds. The minimum atomic E-state index is -1.47. The van der Waals surface area contributed by atoms with E-state index in [9.17, 15) is 13.8 Å². The van der Waals surface area contributed by atoms with Gasteiger partial charge >= 0.3 is 0 Å². The molecule has 0 saturated carbocycles. The first-order chi connectivity index (χ1) is 13.7. The molecule has 1 aliphatic carbocycles. The molecule has 9 heteroatoms. The van der Waals surface area contributed by atoms with Gasteiger partial charge in [-0.3, -0.25) is 18.5 Å². The van der Waals surface area contributed by atoms with Crippen molar-refractivity contribution in [2.75, 3.05) is 12.8 Å². The van der Waals surface area contributed by atoms with E-state index in [1.54, 1.807) is 30.9 Å². The van der Waals surface area contributed by atoms with Crippen LogP contribution < -0.4 is 5.32 Å². The largest absolute Gasteiger partial charge is 0.346 e. The van der Waals surface area contributed by atoms with Gasteiger partial charge in [-0.15, -0.1) is 0 Å². The number of nitrogens with one attached hydrogen (secondary N) is 1. The summed E-state index contributed by atoms with van der Waals surface area (Å²) in [5.41, 5.74) is 4.31. The summed E-state index contributed by atoms with van der Waals surface area (Å²) in [6.45, 7) is 5.62. The summed E-state index contributed by atoms with van der Waals surface area (Å²) in [6, 6.07) is 1.77. The van der Waals surface area contributed by atoms with Crippen LogP contribution >= 0.6 is 0 Å². The first-order valence-electron chi connectivity index (χ1n) is 9.07. The summed E-state index contributed by atoms with van der Waals surface area (Å²) < 4.78 is 13.7. The maximum Gasteiger partial charge on any atom is 0.270 e. The fourth-order valence-corrected chi connectivity index (χ4v) is 3.72. The number of aryl methyl sites for hydroxylation is 1. The van der Waals surface area contributed by atoms with Crippen molar-refractivity contribution in [2.24, 2.45) is 7.05 Å². The van der Waals surface area contributed by atoms with Gasteiger partial charge in [0, 0.05) is 43.6 Å². The van der Waals surface area contributed by atoms with Gasteiger partial charge in [0.25, 0.3) is 5.91 Å². The first-order valence-corrected chi connectivity index (χ1v) is 10.6. The highest BCUT2D eigenvalue weighted by atomic mass is 32.2. The van der Waals surface area contributed by atoms with Crippen LogP contribution in [0.15, 0.2) is 40.2 Å². The van der Waals surface area contributed by atoms with Crippen LogP contribution in [0.25, 0.3) is 11.4 Å². The summed E-state index contributed by atoms with van der Waals surface area (Å²) in [5, 5.41) is 6.98. The second-order valence-electron chi connectivity index (χ2n) is 7.06. The van der Waals surface area contributed by atoms with Crippen LogP contribution in [0, 0.1) is 6.92 Å². The van der Waals surface area contributed by atoms with Gasteiger partial charge < -0.3 is 5.32 Å². The zero-order chi connectivity index (χ0) is 21.3. The smallest absolute Gasteiger partial charge is 0.270 e. The van der Waals surface area contributed by atoms with E-state index in [1.807, 2.05) is 19.9 Å². The maximum atomic E-state index is 12.9. The lowest BCUT2D eigenvalue weighted by Crippen LogP contribution is -2.31. The summed E-state index contributed by atoms with van der Waals surface area (Å²) in [6.07, 6.45) is 5.40. The van der Waals surface area contributed by atoms with Gasteiger partial charge in [-0.2, -0.15) is 5.10 Å². The number of aromatic nitrogens is 4. The second-order valence-corrected chi connectivity index (χ2v) is 8.33. The van der Waals surface area contributed by atoms with Crippen LogP contribution in [0.5, 0.6) is 0 Å². The number of hydrogen-bond donors (Lipinski definition) is 1. The molecule has 29 heavy (non-hydrogen) atoms. The first kappa shape index (κ1) is 20.8. The molecule has 0 bridgehead atoms. The lowest BCUT2D eigenvalue weighted by molar-refractivity contribution is -0.115. The van der Waals surface area contributed by atoms with Gasteiger partial charge in [-0.1, -0.05) is 11.6 Å². The van der Waals surface area contributed by atoms with Gasteiger partial charge in [-0.25, -0.2) is 9.97 Å². The van der Waals surface area contributed by atoms with E-state index in [2.05, 4.69) is 20.4 Å². The van der Waals surface area contributed by atoms with Crippen LogP contribution in [0.1, 0.15) is 36.3 Å². The summed E-state index contributed by atoms with van der Waals surface area (Å²) in [4.78, 5) is 33.8. The van der Waals surface area contributed by atoms with Crippen molar-refractivity contribution < 1.29 is 13.8 Å². The van der Waals surface area contributed by atoms with Crippen molar-refractivity contribution in [2.45, 2.75) is 32.3 Å². The molecular weight excluding hydrogens is 390 g/mol. The van der Waals surface area contributed by atoms with Crippen molar-refractivity contribution in [1.82, 2.24) is 25.1 Å². The Bertz CT molecular complexity index is 1100. The second kappa shape index (κ2) is 8.20. The van der Waals surface area contributed by atoms with E-state index in [0.29, 0.717) is 28.9 Å². The third-order valence-corrected chi connectivity index (χ3v) is 5.50. The zero-order valence-electron chi connectivity index (χ0n) is 17.1. The van der Waals surface area contributed by atoms with E-state index in [4.69, 9.17) is 0 Å². The van der Waals surface area contributed by atoms with Crippen molar-refractivity contribution in [1.29, 1.82) is 0 Å². The third kappa shape index (κ3) is 4.24. The molecule has 2 aromatic heterocycles. The molecule has 0 saturated heterocycles. The molecule has 0 aromatic carbocycles. The Kier molecular flexibility index (Phi) is 5.88. The van der Waals surface area contributed by atoms with Crippen LogP contribution in [0.3, 0.4) is 0 Å². The average molecular weight is 414 g/mol. The van der Waals surface area contributed by atoms with E-state index < -0.39 is 16.7 Å². The molecule has 0 spiro atoms. The topological polar surface area (TPSA) is 107 Å². The molecule has 8 nitrogen and oxygen atoms in total. The quantitative estimate of drug-likeness (QED) is 0.750. The van der Waals surface area contributed by atoms with Crippen LogP contribution in [-0.4, -0.2) is 48.4 Å². The van der Waals surface area contributed by atoms with Crippen LogP contribution in [0.2, 0.25) is 0 Å². The molecule has 1 N–H and O–H groups in total.